The topological polar surface area (TPSA) is 67.8 Å². The van der Waals surface area contributed by atoms with E-state index >= 15 is 0 Å². The van der Waals surface area contributed by atoms with Crippen molar-refractivity contribution in [2.75, 3.05) is 19.8 Å². The number of carbonyl (C=O) groups is 1. The molecule has 17 heavy (non-hydrogen) atoms. The van der Waals surface area contributed by atoms with E-state index in [0.717, 1.165) is 12.8 Å². The second-order valence-corrected chi connectivity index (χ2v) is 5.46. The standard InChI is InChI=1S/C12H23NO4/c1-12(2,3)17-11(15)13-6-10-5-4-9(7-14)8-16-10/h9-10,14H,4-8H2,1-3H3,(H,13,15)/t9-,10?/m0/s1. The Bertz CT molecular complexity index is 241. The molecule has 0 bridgehead atoms. The van der Waals surface area contributed by atoms with Gasteiger partial charge in [-0.05, 0) is 33.6 Å². The number of amides is 1. The summed E-state index contributed by atoms with van der Waals surface area (Å²) in [5, 5.41) is 11.6. The number of alkyl carbamates (subject to hydrolysis) is 1. The van der Waals surface area contributed by atoms with Crippen molar-refractivity contribution in [2.45, 2.75) is 45.3 Å². The molecule has 1 saturated heterocycles. The molecule has 100 valence electrons. The van der Waals surface area contributed by atoms with Crippen molar-refractivity contribution < 1.29 is 19.4 Å². The van der Waals surface area contributed by atoms with Gasteiger partial charge in [0.1, 0.15) is 5.60 Å². The van der Waals surface area contributed by atoms with Crippen LogP contribution in [0.4, 0.5) is 4.79 Å². The van der Waals surface area contributed by atoms with E-state index in [4.69, 9.17) is 14.6 Å². The minimum Gasteiger partial charge on any atom is -0.444 e. The zero-order chi connectivity index (χ0) is 12.9. The zero-order valence-corrected chi connectivity index (χ0v) is 10.9. The predicted molar refractivity (Wildman–Crippen MR) is 63.8 cm³/mol. The van der Waals surface area contributed by atoms with Gasteiger partial charge in [-0.3, -0.25) is 0 Å². The van der Waals surface area contributed by atoms with Crippen LogP contribution in [-0.2, 0) is 9.47 Å². The minimum absolute atomic E-state index is 0.0327. The van der Waals surface area contributed by atoms with Crippen molar-refractivity contribution >= 4 is 6.09 Å². The number of hydrogen-bond acceptors (Lipinski definition) is 4. The van der Waals surface area contributed by atoms with E-state index in [1.165, 1.54) is 0 Å². The first-order chi connectivity index (χ1) is 7.90. The van der Waals surface area contributed by atoms with Crippen molar-refractivity contribution in [3.8, 4) is 0 Å². The lowest BCUT2D eigenvalue weighted by molar-refractivity contribution is -0.0300. The first-order valence-electron chi connectivity index (χ1n) is 6.10. The maximum absolute atomic E-state index is 11.4. The van der Waals surface area contributed by atoms with Gasteiger partial charge in [0.05, 0.1) is 12.7 Å². The molecular weight excluding hydrogens is 222 g/mol. The molecule has 1 heterocycles. The molecule has 0 radical (unpaired) electrons. The first-order valence-corrected chi connectivity index (χ1v) is 6.10. The molecule has 5 nitrogen and oxygen atoms in total. The summed E-state index contributed by atoms with van der Waals surface area (Å²) in [4.78, 5) is 11.4. The Kier molecular flexibility index (Phi) is 5.21. The maximum Gasteiger partial charge on any atom is 0.407 e. The van der Waals surface area contributed by atoms with Crippen molar-refractivity contribution in [1.82, 2.24) is 5.32 Å². The zero-order valence-electron chi connectivity index (χ0n) is 10.9. The van der Waals surface area contributed by atoms with Crippen molar-refractivity contribution in [1.29, 1.82) is 0 Å². The van der Waals surface area contributed by atoms with Crippen molar-refractivity contribution in [3.63, 3.8) is 0 Å². The normalized spacial score (nSPS) is 25.4. The molecule has 0 spiro atoms. The third-order valence-electron chi connectivity index (χ3n) is 2.60. The largest absolute Gasteiger partial charge is 0.444 e. The maximum atomic E-state index is 11.4. The molecule has 1 rings (SSSR count). The summed E-state index contributed by atoms with van der Waals surface area (Å²) in [7, 11) is 0. The molecule has 0 saturated carbocycles. The lowest BCUT2D eigenvalue weighted by Crippen LogP contribution is -2.40. The lowest BCUT2D eigenvalue weighted by atomic mass is 9.99. The van der Waals surface area contributed by atoms with Crippen LogP contribution in [0.15, 0.2) is 0 Å². The number of nitrogens with one attached hydrogen (secondary N) is 1. The summed E-state index contributed by atoms with van der Waals surface area (Å²) in [6, 6.07) is 0. The number of aliphatic hydroxyl groups excluding tert-OH is 1. The van der Waals surface area contributed by atoms with Crippen LogP contribution in [0.1, 0.15) is 33.6 Å². The fraction of sp³-hybridized carbons (Fsp3) is 0.917. The predicted octanol–water partition coefficient (Wildman–Crippen LogP) is 1.30. The Morgan fingerprint density at radius 1 is 1.47 bits per heavy atom. The summed E-state index contributed by atoms with van der Waals surface area (Å²) >= 11 is 0. The Hall–Kier alpha value is -0.810. The second kappa shape index (κ2) is 6.21. The van der Waals surface area contributed by atoms with E-state index in [1.54, 1.807) is 0 Å². The van der Waals surface area contributed by atoms with Gasteiger partial charge >= 0.3 is 6.09 Å². The SMILES string of the molecule is CC(C)(C)OC(=O)NCC1CC[C@@H](CO)CO1. The highest BCUT2D eigenvalue weighted by Crippen LogP contribution is 2.18. The van der Waals surface area contributed by atoms with Gasteiger partial charge in [0.2, 0.25) is 0 Å². The summed E-state index contributed by atoms with van der Waals surface area (Å²) in [6.45, 7) is 6.69. The Balaban J connectivity index is 2.17. The minimum atomic E-state index is -0.473. The van der Waals surface area contributed by atoms with Crippen LogP contribution in [0.3, 0.4) is 0 Å². The Morgan fingerprint density at radius 2 is 2.18 bits per heavy atom. The molecule has 0 aromatic carbocycles. The molecule has 0 aliphatic carbocycles. The average molecular weight is 245 g/mol. The van der Waals surface area contributed by atoms with Gasteiger partial charge in [-0.15, -0.1) is 0 Å². The average Bonchev–Trinajstić information content (AvgIpc) is 2.25. The van der Waals surface area contributed by atoms with E-state index in [9.17, 15) is 4.79 Å². The second-order valence-electron chi connectivity index (χ2n) is 5.46. The molecule has 1 fully saturated rings. The molecule has 0 aromatic heterocycles. The molecule has 1 unspecified atom stereocenters. The third-order valence-corrected chi connectivity index (χ3v) is 2.60. The summed E-state index contributed by atoms with van der Waals surface area (Å²) in [5.41, 5.74) is -0.473. The summed E-state index contributed by atoms with van der Waals surface area (Å²) in [5.74, 6) is 0.243. The van der Waals surface area contributed by atoms with Crippen LogP contribution in [0.2, 0.25) is 0 Å². The van der Waals surface area contributed by atoms with Gasteiger partial charge in [0.15, 0.2) is 0 Å². The van der Waals surface area contributed by atoms with Crippen molar-refractivity contribution in [2.24, 2.45) is 5.92 Å². The Morgan fingerprint density at radius 3 is 2.65 bits per heavy atom. The quantitative estimate of drug-likeness (QED) is 0.786. The number of hydrogen-bond donors (Lipinski definition) is 2. The number of carbonyl (C=O) groups excluding carboxylic acids is 1. The summed E-state index contributed by atoms with van der Waals surface area (Å²) in [6.07, 6.45) is 1.42. The van der Waals surface area contributed by atoms with Gasteiger partial charge in [-0.2, -0.15) is 0 Å². The van der Waals surface area contributed by atoms with Gasteiger partial charge in [-0.1, -0.05) is 0 Å². The van der Waals surface area contributed by atoms with Crippen LogP contribution in [0, 0.1) is 5.92 Å². The highest BCUT2D eigenvalue weighted by Gasteiger charge is 2.22. The molecular formula is C12H23NO4. The van der Waals surface area contributed by atoms with Crippen LogP contribution >= 0.6 is 0 Å². The van der Waals surface area contributed by atoms with Gasteiger partial charge in [0.25, 0.3) is 0 Å². The monoisotopic (exact) mass is 245 g/mol. The van der Waals surface area contributed by atoms with Gasteiger partial charge in [0, 0.05) is 19.1 Å². The van der Waals surface area contributed by atoms with E-state index in [-0.39, 0.29) is 18.6 Å². The van der Waals surface area contributed by atoms with Crippen LogP contribution < -0.4 is 5.32 Å². The number of aliphatic hydroxyl groups is 1. The highest BCUT2D eigenvalue weighted by molar-refractivity contribution is 5.67. The molecule has 1 aliphatic heterocycles. The van der Waals surface area contributed by atoms with Crippen LogP contribution in [-0.4, -0.2) is 42.7 Å². The highest BCUT2D eigenvalue weighted by atomic mass is 16.6. The molecule has 1 amide bonds. The van der Waals surface area contributed by atoms with E-state index < -0.39 is 11.7 Å². The molecule has 1 aliphatic rings. The van der Waals surface area contributed by atoms with E-state index in [2.05, 4.69) is 5.32 Å². The van der Waals surface area contributed by atoms with Gasteiger partial charge < -0.3 is 19.9 Å². The smallest absolute Gasteiger partial charge is 0.407 e. The third kappa shape index (κ3) is 5.89. The van der Waals surface area contributed by atoms with Crippen LogP contribution in [0.5, 0.6) is 0 Å². The first kappa shape index (κ1) is 14.3. The summed E-state index contributed by atoms with van der Waals surface area (Å²) < 4.78 is 10.7. The van der Waals surface area contributed by atoms with E-state index in [1.807, 2.05) is 20.8 Å². The number of rotatable bonds is 3. The number of ether oxygens (including phenoxy) is 2. The molecule has 0 aromatic rings. The van der Waals surface area contributed by atoms with Crippen LogP contribution in [0.25, 0.3) is 0 Å². The lowest BCUT2D eigenvalue weighted by Gasteiger charge is -2.28. The van der Waals surface area contributed by atoms with Crippen molar-refractivity contribution in [3.05, 3.63) is 0 Å². The molecule has 2 atom stereocenters. The fourth-order valence-electron chi connectivity index (χ4n) is 1.68. The molecule has 2 N–H and O–H groups in total. The van der Waals surface area contributed by atoms with Gasteiger partial charge in [-0.25, -0.2) is 4.79 Å². The Labute approximate surface area is 102 Å². The fourth-order valence-corrected chi connectivity index (χ4v) is 1.68. The van der Waals surface area contributed by atoms with E-state index in [0.29, 0.717) is 13.2 Å². The molecule has 5 heteroatoms.